The number of ether oxygens (including phenoxy) is 1. The number of carbonyl (C=O) groups excluding carboxylic acids is 1. The SMILES string of the molecule is C[C@H]1Cc2cc3c(c(NC(=O)N=S(N)(=O)c4cnn5c4O[C@@H](CO)C5)c21)CCC3. The Morgan fingerprint density at radius 1 is 1.48 bits per heavy atom. The molecule has 0 saturated carbocycles. The van der Waals surface area contributed by atoms with E-state index in [1.54, 1.807) is 0 Å². The molecule has 2 aromatic rings. The molecular weight excluding hydrogens is 394 g/mol. The summed E-state index contributed by atoms with van der Waals surface area (Å²) in [5.74, 6) is 0.558. The predicted molar refractivity (Wildman–Crippen MR) is 106 cm³/mol. The van der Waals surface area contributed by atoms with Crippen LogP contribution in [-0.4, -0.2) is 37.8 Å². The highest BCUT2D eigenvalue weighted by Gasteiger charge is 2.33. The van der Waals surface area contributed by atoms with Crippen molar-refractivity contribution < 1.29 is 18.8 Å². The number of nitrogens with two attached hydrogens (primary N) is 1. The van der Waals surface area contributed by atoms with Crippen LogP contribution in [0.2, 0.25) is 0 Å². The first kappa shape index (κ1) is 18.6. The number of urea groups is 1. The molecule has 4 N–H and O–H groups in total. The lowest BCUT2D eigenvalue weighted by Gasteiger charge is -2.31. The molecule has 2 aliphatic carbocycles. The maximum atomic E-state index is 13.0. The molecule has 2 amide bonds. The van der Waals surface area contributed by atoms with Crippen molar-refractivity contribution in [2.45, 2.75) is 56.1 Å². The second kappa shape index (κ2) is 6.54. The smallest absolute Gasteiger partial charge is 0.354 e. The zero-order valence-corrected chi connectivity index (χ0v) is 16.9. The predicted octanol–water partition coefficient (Wildman–Crippen LogP) is 1.72. The van der Waals surface area contributed by atoms with Gasteiger partial charge in [-0.1, -0.05) is 13.0 Å². The number of hydrogen-bond acceptors (Lipinski definition) is 5. The van der Waals surface area contributed by atoms with Crippen molar-refractivity contribution in [2.24, 2.45) is 9.50 Å². The Bertz CT molecular complexity index is 1140. The van der Waals surface area contributed by atoms with Gasteiger partial charge in [-0.25, -0.2) is 18.8 Å². The number of nitrogens with one attached hydrogen (secondary N) is 1. The minimum absolute atomic E-state index is 0.0586. The minimum Gasteiger partial charge on any atom is -0.469 e. The van der Waals surface area contributed by atoms with E-state index in [1.165, 1.54) is 22.0 Å². The van der Waals surface area contributed by atoms with E-state index in [1.807, 2.05) is 0 Å². The number of aliphatic hydroxyl groups is 1. The van der Waals surface area contributed by atoms with Gasteiger partial charge in [-0.3, -0.25) is 0 Å². The zero-order valence-electron chi connectivity index (χ0n) is 16.1. The number of aliphatic hydroxyl groups excluding tert-OH is 1. The van der Waals surface area contributed by atoms with E-state index in [9.17, 15) is 14.1 Å². The van der Waals surface area contributed by atoms with E-state index >= 15 is 0 Å². The van der Waals surface area contributed by atoms with Gasteiger partial charge >= 0.3 is 6.03 Å². The quantitative estimate of drug-likeness (QED) is 0.700. The first-order valence-corrected chi connectivity index (χ1v) is 11.3. The highest BCUT2D eigenvalue weighted by atomic mass is 32.2. The van der Waals surface area contributed by atoms with Crippen LogP contribution in [0, 0.1) is 0 Å². The van der Waals surface area contributed by atoms with Crippen LogP contribution in [0.4, 0.5) is 10.5 Å². The van der Waals surface area contributed by atoms with Gasteiger partial charge in [0.2, 0.25) is 5.88 Å². The van der Waals surface area contributed by atoms with Crippen molar-refractivity contribution in [3.8, 4) is 5.88 Å². The summed E-state index contributed by atoms with van der Waals surface area (Å²) in [7, 11) is -3.55. The molecule has 10 heteroatoms. The van der Waals surface area contributed by atoms with Gasteiger partial charge in [0.15, 0.2) is 9.92 Å². The van der Waals surface area contributed by atoms with Crippen molar-refractivity contribution in [1.29, 1.82) is 0 Å². The van der Waals surface area contributed by atoms with Gasteiger partial charge in [0, 0.05) is 5.69 Å². The normalized spacial score (nSPS) is 23.3. The van der Waals surface area contributed by atoms with Gasteiger partial charge in [-0.15, -0.1) is 4.36 Å². The van der Waals surface area contributed by atoms with Crippen molar-refractivity contribution in [3.63, 3.8) is 0 Å². The summed E-state index contributed by atoms with van der Waals surface area (Å²) in [5.41, 5.74) is 5.66. The molecule has 1 aliphatic heterocycles. The monoisotopic (exact) mass is 417 g/mol. The molecule has 1 unspecified atom stereocenters. The summed E-state index contributed by atoms with van der Waals surface area (Å²) < 4.78 is 23.8. The Kier molecular flexibility index (Phi) is 4.19. The van der Waals surface area contributed by atoms with E-state index < -0.39 is 22.1 Å². The number of carbonyl (C=O) groups is 1. The molecule has 29 heavy (non-hydrogen) atoms. The highest BCUT2D eigenvalue weighted by Crippen LogP contribution is 2.45. The van der Waals surface area contributed by atoms with Crippen molar-refractivity contribution >= 4 is 21.6 Å². The summed E-state index contributed by atoms with van der Waals surface area (Å²) in [4.78, 5) is 12.8. The first-order valence-electron chi connectivity index (χ1n) is 9.74. The third-order valence-corrected chi connectivity index (χ3v) is 7.28. The lowest BCUT2D eigenvalue weighted by molar-refractivity contribution is 0.130. The molecule has 0 bridgehead atoms. The van der Waals surface area contributed by atoms with Crippen LogP contribution in [0.1, 0.15) is 41.5 Å². The lowest BCUT2D eigenvalue weighted by atomic mass is 9.75. The van der Waals surface area contributed by atoms with E-state index in [4.69, 9.17) is 9.88 Å². The van der Waals surface area contributed by atoms with E-state index in [2.05, 4.69) is 27.8 Å². The first-order chi connectivity index (χ1) is 13.9. The van der Waals surface area contributed by atoms with Crippen LogP contribution in [0.15, 0.2) is 21.5 Å². The Morgan fingerprint density at radius 2 is 2.31 bits per heavy atom. The molecule has 0 saturated heterocycles. The van der Waals surface area contributed by atoms with Gasteiger partial charge in [0.25, 0.3) is 0 Å². The third-order valence-electron chi connectivity index (χ3n) is 5.93. The topological polar surface area (TPSA) is 132 Å². The Balaban J connectivity index is 1.46. The van der Waals surface area contributed by atoms with Crippen LogP contribution in [0.3, 0.4) is 0 Å². The molecule has 5 rings (SSSR count). The molecule has 0 spiro atoms. The summed E-state index contributed by atoms with van der Waals surface area (Å²) in [6, 6.07) is 1.51. The number of anilines is 1. The standard InChI is InChI=1S/C19H23N5O4S/c1-10-5-12-6-11-3-2-4-14(11)17(16(10)12)22-19(26)23-29(20,27)15-7-21-24-8-13(9-25)28-18(15)24/h6-7,10,13,25H,2-5,8-9H2,1H3,(H3,20,22,23,26,27)/t10-,13+,29?/m0/s1. The van der Waals surface area contributed by atoms with Crippen LogP contribution in [-0.2, 0) is 35.7 Å². The number of fused-ring (bicyclic) bond motifs is 3. The van der Waals surface area contributed by atoms with Crippen molar-refractivity contribution in [1.82, 2.24) is 9.78 Å². The Morgan fingerprint density at radius 3 is 3.07 bits per heavy atom. The van der Waals surface area contributed by atoms with Crippen LogP contribution < -0.4 is 15.2 Å². The lowest BCUT2D eigenvalue weighted by Crippen LogP contribution is -2.23. The second-order valence-corrected chi connectivity index (χ2v) is 9.69. The summed E-state index contributed by atoms with van der Waals surface area (Å²) >= 11 is 0. The number of amides is 2. The van der Waals surface area contributed by atoms with Crippen LogP contribution in [0.25, 0.3) is 0 Å². The maximum absolute atomic E-state index is 13.0. The highest BCUT2D eigenvalue weighted by molar-refractivity contribution is 7.91. The molecule has 0 fully saturated rings. The molecule has 1 aromatic heterocycles. The fraction of sp³-hybridized carbons (Fsp3) is 0.474. The summed E-state index contributed by atoms with van der Waals surface area (Å²) in [6.07, 6.45) is 4.81. The number of aromatic nitrogens is 2. The fourth-order valence-corrected chi connectivity index (χ4v) is 5.58. The largest absolute Gasteiger partial charge is 0.469 e. The number of nitrogens with zero attached hydrogens (tertiary/aromatic N) is 3. The number of rotatable bonds is 3. The average Bonchev–Trinajstić information content (AvgIpc) is 3.34. The number of hydrogen-bond donors (Lipinski definition) is 3. The molecular formula is C19H23N5O4S. The minimum atomic E-state index is -3.55. The van der Waals surface area contributed by atoms with Gasteiger partial charge in [0.05, 0.1) is 19.3 Å². The summed E-state index contributed by atoms with van der Waals surface area (Å²) in [6.45, 7) is 2.26. The van der Waals surface area contributed by atoms with Gasteiger partial charge in [-0.05, 0) is 53.9 Å². The second-order valence-electron chi connectivity index (χ2n) is 7.93. The van der Waals surface area contributed by atoms with Gasteiger partial charge in [0.1, 0.15) is 11.0 Å². The zero-order chi connectivity index (χ0) is 20.3. The third kappa shape index (κ3) is 2.93. The fourth-order valence-electron chi connectivity index (χ4n) is 4.59. The average molecular weight is 417 g/mol. The summed E-state index contributed by atoms with van der Waals surface area (Å²) in [5, 5.41) is 22.1. The van der Waals surface area contributed by atoms with Crippen LogP contribution in [0.5, 0.6) is 5.88 Å². The molecule has 0 radical (unpaired) electrons. The van der Waals surface area contributed by atoms with Crippen molar-refractivity contribution in [3.05, 3.63) is 34.5 Å². The Labute approximate surface area is 168 Å². The molecule has 1 aromatic carbocycles. The maximum Gasteiger partial charge on any atom is 0.354 e. The number of benzene rings is 1. The van der Waals surface area contributed by atoms with E-state index in [0.29, 0.717) is 12.5 Å². The van der Waals surface area contributed by atoms with Crippen LogP contribution >= 0.6 is 0 Å². The van der Waals surface area contributed by atoms with E-state index in [-0.39, 0.29) is 17.4 Å². The van der Waals surface area contributed by atoms with Gasteiger partial charge < -0.3 is 15.2 Å². The van der Waals surface area contributed by atoms with Gasteiger partial charge in [-0.2, -0.15) is 5.10 Å². The molecule has 9 nitrogen and oxygen atoms in total. The van der Waals surface area contributed by atoms with E-state index in [0.717, 1.165) is 42.5 Å². The molecule has 2 heterocycles. The Hall–Kier alpha value is -2.43. The molecule has 3 aliphatic rings. The molecule has 3 atom stereocenters. The van der Waals surface area contributed by atoms with Crippen molar-refractivity contribution in [2.75, 3.05) is 11.9 Å². The number of aryl methyl sites for hydroxylation is 1. The molecule has 154 valence electrons.